The van der Waals surface area contributed by atoms with E-state index in [9.17, 15) is 14.4 Å². The fourth-order valence-corrected chi connectivity index (χ4v) is 3.35. The monoisotopic (exact) mass is 408 g/mol. The minimum Gasteiger partial charge on any atom is -0.376 e. The van der Waals surface area contributed by atoms with E-state index in [1.54, 1.807) is 43.4 Å². The van der Waals surface area contributed by atoms with Gasteiger partial charge in [0.15, 0.2) is 0 Å². The number of carbonyl (C=O) groups excluding carboxylic acids is 3. The fourth-order valence-electron chi connectivity index (χ4n) is 3.35. The molecule has 158 valence electrons. The first-order chi connectivity index (χ1) is 14.4. The van der Waals surface area contributed by atoms with Crippen LogP contribution in [0.4, 0.5) is 17.1 Å². The van der Waals surface area contributed by atoms with E-state index in [0.717, 1.165) is 37.3 Å². The largest absolute Gasteiger partial charge is 0.376 e. The lowest BCUT2D eigenvalue weighted by atomic mass is 10.1. The smallest absolute Gasteiger partial charge is 0.253 e. The van der Waals surface area contributed by atoms with Gasteiger partial charge in [0, 0.05) is 49.7 Å². The molecule has 3 amide bonds. The van der Waals surface area contributed by atoms with Gasteiger partial charge in [0.1, 0.15) is 0 Å². The Labute approximate surface area is 177 Å². The standard InChI is InChI=1S/C23H28N4O3/c1-17(28)26(2)21-12-10-20(11-13-21)25-22(29)16-24-19-8-6-18(7-9-19)23(30)27-14-4-3-5-15-27/h6-13,24H,3-5,14-16H2,1-2H3,(H,25,29). The average Bonchev–Trinajstić information content (AvgIpc) is 2.78. The van der Waals surface area contributed by atoms with Gasteiger partial charge in [0.2, 0.25) is 11.8 Å². The van der Waals surface area contributed by atoms with Crippen LogP contribution in [0.15, 0.2) is 48.5 Å². The number of rotatable bonds is 6. The summed E-state index contributed by atoms with van der Waals surface area (Å²) < 4.78 is 0. The number of hydrogen-bond donors (Lipinski definition) is 2. The molecule has 7 nitrogen and oxygen atoms in total. The lowest BCUT2D eigenvalue weighted by Gasteiger charge is -2.26. The van der Waals surface area contributed by atoms with Crippen molar-refractivity contribution < 1.29 is 14.4 Å². The normalized spacial score (nSPS) is 13.5. The molecule has 0 spiro atoms. The van der Waals surface area contributed by atoms with Crippen molar-refractivity contribution in [2.24, 2.45) is 0 Å². The van der Waals surface area contributed by atoms with Crippen molar-refractivity contribution in [1.82, 2.24) is 4.90 Å². The SMILES string of the molecule is CC(=O)N(C)c1ccc(NC(=O)CNc2ccc(C(=O)N3CCCCC3)cc2)cc1. The third-order valence-electron chi connectivity index (χ3n) is 5.24. The van der Waals surface area contributed by atoms with Crippen LogP contribution >= 0.6 is 0 Å². The van der Waals surface area contributed by atoms with Crippen LogP contribution in [-0.2, 0) is 9.59 Å². The highest BCUT2D eigenvalue weighted by Gasteiger charge is 2.17. The summed E-state index contributed by atoms with van der Waals surface area (Å²) in [6.45, 7) is 3.25. The summed E-state index contributed by atoms with van der Waals surface area (Å²) in [5.41, 5.74) is 2.86. The van der Waals surface area contributed by atoms with Crippen LogP contribution in [0.25, 0.3) is 0 Å². The molecule has 1 heterocycles. The van der Waals surface area contributed by atoms with Crippen LogP contribution in [0, 0.1) is 0 Å². The van der Waals surface area contributed by atoms with E-state index in [2.05, 4.69) is 10.6 Å². The summed E-state index contributed by atoms with van der Waals surface area (Å²) in [6.07, 6.45) is 3.32. The van der Waals surface area contributed by atoms with E-state index < -0.39 is 0 Å². The van der Waals surface area contributed by atoms with Gasteiger partial charge in [-0.05, 0) is 67.8 Å². The quantitative estimate of drug-likeness (QED) is 0.768. The molecule has 1 aliphatic heterocycles. The highest BCUT2D eigenvalue weighted by atomic mass is 16.2. The van der Waals surface area contributed by atoms with Crippen molar-refractivity contribution in [2.45, 2.75) is 26.2 Å². The summed E-state index contributed by atoms with van der Waals surface area (Å²) in [5.74, 6) is -0.173. The molecule has 1 fully saturated rings. The molecular weight excluding hydrogens is 380 g/mol. The molecule has 0 unspecified atom stereocenters. The first kappa shape index (κ1) is 21.4. The zero-order valence-electron chi connectivity index (χ0n) is 17.5. The minimum absolute atomic E-state index is 0.0559. The molecule has 0 aliphatic carbocycles. The van der Waals surface area contributed by atoms with Gasteiger partial charge in [-0.15, -0.1) is 0 Å². The predicted molar refractivity (Wildman–Crippen MR) is 119 cm³/mol. The molecular formula is C23H28N4O3. The predicted octanol–water partition coefficient (Wildman–Crippen LogP) is 3.35. The molecule has 0 atom stereocenters. The molecule has 0 aromatic heterocycles. The zero-order valence-corrected chi connectivity index (χ0v) is 17.5. The third kappa shape index (κ3) is 5.59. The highest BCUT2D eigenvalue weighted by molar-refractivity contribution is 5.96. The number of carbonyl (C=O) groups is 3. The Morgan fingerprint density at radius 3 is 2.10 bits per heavy atom. The van der Waals surface area contributed by atoms with Crippen LogP contribution < -0.4 is 15.5 Å². The number of amides is 3. The number of likely N-dealkylation sites (tertiary alicyclic amines) is 1. The fraction of sp³-hybridized carbons (Fsp3) is 0.348. The maximum absolute atomic E-state index is 12.5. The Morgan fingerprint density at radius 1 is 0.900 bits per heavy atom. The van der Waals surface area contributed by atoms with Gasteiger partial charge in [-0.3, -0.25) is 14.4 Å². The van der Waals surface area contributed by atoms with Gasteiger partial charge >= 0.3 is 0 Å². The Balaban J connectivity index is 1.48. The van der Waals surface area contributed by atoms with Crippen LogP contribution in [0.1, 0.15) is 36.5 Å². The molecule has 1 aliphatic rings. The molecule has 0 radical (unpaired) electrons. The van der Waals surface area contributed by atoms with E-state index in [0.29, 0.717) is 11.3 Å². The van der Waals surface area contributed by atoms with Gasteiger partial charge in [-0.1, -0.05) is 0 Å². The minimum atomic E-state index is -0.184. The Kier molecular flexibility index (Phi) is 7.06. The molecule has 2 N–H and O–H groups in total. The second kappa shape index (κ2) is 9.91. The van der Waals surface area contributed by atoms with Crippen molar-refractivity contribution in [3.63, 3.8) is 0 Å². The van der Waals surface area contributed by atoms with Crippen LogP contribution in [0.2, 0.25) is 0 Å². The Hall–Kier alpha value is -3.35. The maximum atomic E-state index is 12.5. The average molecular weight is 409 g/mol. The van der Waals surface area contributed by atoms with Crippen molar-refractivity contribution in [2.75, 3.05) is 42.2 Å². The van der Waals surface area contributed by atoms with Crippen molar-refractivity contribution in [3.05, 3.63) is 54.1 Å². The molecule has 0 bridgehead atoms. The summed E-state index contributed by atoms with van der Waals surface area (Å²) in [4.78, 5) is 39.5. The lowest BCUT2D eigenvalue weighted by molar-refractivity contribution is -0.116. The number of nitrogens with one attached hydrogen (secondary N) is 2. The number of benzene rings is 2. The molecule has 2 aromatic rings. The third-order valence-corrected chi connectivity index (χ3v) is 5.24. The summed E-state index contributed by atoms with van der Waals surface area (Å²) in [6, 6.07) is 14.3. The molecule has 1 saturated heterocycles. The summed E-state index contributed by atoms with van der Waals surface area (Å²) in [7, 11) is 1.70. The van der Waals surface area contributed by atoms with E-state index in [4.69, 9.17) is 0 Å². The summed E-state index contributed by atoms with van der Waals surface area (Å²) >= 11 is 0. The molecule has 3 rings (SSSR count). The van der Waals surface area contributed by atoms with Crippen molar-refractivity contribution >= 4 is 34.8 Å². The van der Waals surface area contributed by atoms with E-state index >= 15 is 0 Å². The van der Waals surface area contributed by atoms with Gasteiger partial charge < -0.3 is 20.4 Å². The van der Waals surface area contributed by atoms with Crippen LogP contribution in [0.5, 0.6) is 0 Å². The number of piperidine rings is 1. The summed E-state index contributed by atoms with van der Waals surface area (Å²) in [5, 5.41) is 5.88. The molecule has 2 aromatic carbocycles. The van der Waals surface area contributed by atoms with Crippen molar-refractivity contribution in [3.8, 4) is 0 Å². The number of anilines is 3. The van der Waals surface area contributed by atoms with Crippen LogP contribution in [-0.4, -0.2) is 49.3 Å². The number of nitrogens with zero attached hydrogens (tertiary/aromatic N) is 2. The van der Waals surface area contributed by atoms with Gasteiger partial charge in [0.25, 0.3) is 5.91 Å². The maximum Gasteiger partial charge on any atom is 0.253 e. The second-order valence-corrected chi connectivity index (χ2v) is 7.46. The zero-order chi connectivity index (χ0) is 21.5. The number of hydrogen-bond acceptors (Lipinski definition) is 4. The van der Waals surface area contributed by atoms with E-state index in [1.165, 1.54) is 18.2 Å². The highest BCUT2D eigenvalue weighted by Crippen LogP contribution is 2.18. The topological polar surface area (TPSA) is 81.8 Å². The second-order valence-electron chi connectivity index (χ2n) is 7.46. The van der Waals surface area contributed by atoms with Crippen LogP contribution in [0.3, 0.4) is 0 Å². The van der Waals surface area contributed by atoms with Gasteiger partial charge in [-0.25, -0.2) is 0 Å². The first-order valence-electron chi connectivity index (χ1n) is 10.2. The molecule has 30 heavy (non-hydrogen) atoms. The Morgan fingerprint density at radius 2 is 1.50 bits per heavy atom. The Bertz CT molecular complexity index is 888. The van der Waals surface area contributed by atoms with Gasteiger partial charge in [-0.2, -0.15) is 0 Å². The first-order valence-corrected chi connectivity index (χ1v) is 10.2. The van der Waals surface area contributed by atoms with E-state index in [-0.39, 0.29) is 24.3 Å². The van der Waals surface area contributed by atoms with Crippen molar-refractivity contribution in [1.29, 1.82) is 0 Å². The van der Waals surface area contributed by atoms with E-state index in [1.807, 2.05) is 17.0 Å². The molecule has 7 heteroatoms. The van der Waals surface area contributed by atoms with Gasteiger partial charge in [0.05, 0.1) is 6.54 Å². The lowest BCUT2D eigenvalue weighted by Crippen LogP contribution is -2.35. The molecule has 0 saturated carbocycles.